The first-order chi connectivity index (χ1) is 9.10. The van der Waals surface area contributed by atoms with Gasteiger partial charge in [0, 0.05) is 0 Å². The molecule has 1 rings (SSSR count). The van der Waals surface area contributed by atoms with Gasteiger partial charge in [0.05, 0.1) is 18.6 Å². The molecule has 5 heteroatoms. The minimum Gasteiger partial charge on any atom is -0.468 e. The number of hydrogen-bond donors (Lipinski definition) is 1. The molecule has 0 spiro atoms. The lowest BCUT2D eigenvalue weighted by atomic mass is 9.76. The van der Waals surface area contributed by atoms with E-state index >= 15 is 0 Å². The van der Waals surface area contributed by atoms with Crippen LogP contribution < -0.4 is 5.32 Å². The maximum Gasteiger partial charge on any atom is 0.408 e. The Morgan fingerprint density at radius 2 is 1.95 bits per heavy atom. The van der Waals surface area contributed by atoms with Crippen molar-refractivity contribution in [2.24, 2.45) is 11.3 Å². The van der Waals surface area contributed by atoms with E-state index in [1.807, 2.05) is 46.8 Å². The Hall–Kier alpha value is -1.52. The highest BCUT2D eigenvalue weighted by Gasteiger charge is 2.45. The third-order valence-corrected chi connectivity index (χ3v) is 3.48. The molecule has 1 amide bonds. The largest absolute Gasteiger partial charge is 0.468 e. The predicted molar refractivity (Wildman–Crippen MR) is 76.2 cm³/mol. The molecule has 2 unspecified atom stereocenters. The fourth-order valence-corrected chi connectivity index (χ4v) is 2.35. The Morgan fingerprint density at radius 3 is 2.40 bits per heavy atom. The van der Waals surface area contributed by atoms with Gasteiger partial charge >= 0.3 is 12.1 Å². The molecule has 114 valence electrons. The standard InChI is InChI=1S/C15H25NO4/c1-10(2)15(12(17)19-6)8-7-11(9-15)16-13(18)20-14(3,4)5/h7-8,10-11H,9H2,1-6H3,(H,16,18). The van der Waals surface area contributed by atoms with E-state index in [0.717, 1.165) is 0 Å². The van der Waals surface area contributed by atoms with Crippen molar-refractivity contribution in [3.05, 3.63) is 12.2 Å². The number of carbonyl (C=O) groups is 2. The van der Waals surface area contributed by atoms with Gasteiger partial charge < -0.3 is 14.8 Å². The Kier molecular flexibility index (Phi) is 4.84. The number of amides is 1. The van der Waals surface area contributed by atoms with Gasteiger partial charge in [0.1, 0.15) is 5.60 Å². The van der Waals surface area contributed by atoms with Gasteiger partial charge in [0.15, 0.2) is 0 Å². The van der Waals surface area contributed by atoms with E-state index in [1.54, 1.807) is 0 Å². The number of alkyl carbamates (subject to hydrolysis) is 1. The van der Waals surface area contributed by atoms with Crippen LogP contribution in [0.15, 0.2) is 12.2 Å². The minimum atomic E-state index is -0.672. The van der Waals surface area contributed by atoms with Gasteiger partial charge in [-0.1, -0.05) is 26.0 Å². The number of hydrogen-bond acceptors (Lipinski definition) is 4. The Labute approximate surface area is 120 Å². The van der Waals surface area contributed by atoms with Crippen molar-refractivity contribution in [2.45, 2.75) is 52.7 Å². The first-order valence-corrected chi connectivity index (χ1v) is 6.88. The molecule has 0 saturated carbocycles. The highest BCUT2D eigenvalue weighted by Crippen LogP contribution is 2.40. The predicted octanol–water partition coefficient (Wildman–Crippen LogP) is 2.66. The summed E-state index contributed by atoms with van der Waals surface area (Å²) in [6.45, 7) is 9.37. The summed E-state index contributed by atoms with van der Waals surface area (Å²) < 4.78 is 10.1. The first kappa shape index (κ1) is 16.5. The molecule has 0 aliphatic heterocycles. The van der Waals surface area contributed by atoms with Crippen LogP contribution in [0.4, 0.5) is 4.79 Å². The topological polar surface area (TPSA) is 64.6 Å². The number of methoxy groups -OCH3 is 1. The van der Waals surface area contributed by atoms with Crippen molar-refractivity contribution >= 4 is 12.1 Å². The van der Waals surface area contributed by atoms with Crippen LogP contribution in [0.5, 0.6) is 0 Å². The zero-order valence-corrected chi connectivity index (χ0v) is 13.1. The van der Waals surface area contributed by atoms with Gasteiger partial charge in [-0.3, -0.25) is 4.79 Å². The van der Waals surface area contributed by atoms with E-state index in [2.05, 4.69) is 5.32 Å². The van der Waals surface area contributed by atoms with E-state index in [0.29, 0.717) is 6.42 Å². The molecule has 0 fully saturated rings. The molecule has 0 saturated heterocycles. The summed E-state index contributed by atoms with van der Waals surface area (Å²) in [5.41, 5.74) is -1.21. The molecular formula is C15H25NO4. The molecule has 20 heavy (non-hydrogen) atoms. The van der Waals surface area contributed by atoms with Crippen molar-refractivity contribution in [3.63, 3.8) is 0 Å². The van der Waals surface area contributed by atoms with Gasteiger partial charge in [-0.25, -0.2) is 4.79 Å². The molecular weight excluding hydrogens is 258 g/mol. The molecule has 1 N–H and O–H groups in total. The first-order valence-electron chi connectivity index (χ1n) is 6.88. The van der Waals surface area contributed by atoms with E-state index in [4.69, 9.17) is 9.47 Å². The second-order valence-electron chi connectivity index (χ2n) is 6.50. The van der Waals surface area contributed by atoms with Gasteiger partial charge in [0.2, 0.25) is 0 Å². The van der Waals surface area contributed by atoms with E-state index in [1.165, 1.54) is 7.11 Å². The summed E-state index contributed by atoms with van der Waals surface area (Å²) in [5, 5.41) is 2.77. The second kappa shape index (κ2) is 5.85. The van der Waals surface area contributed by atoms with E-state index in [-0.39, 0.29) is 17.9 Å². The van der Waals surface area contributed by atoms with Crippen molar-refractivity contribution in [1.29, 1.82) is 0 Å². The number of carbonyl (C=O) groups excluding carboxylic acids is 2. The van der Waals surface area contributed by atoms with Crippen LogP contribution in [-0.2, 0) is 14.3 Å². The molecule has 1 aliphatic carbocycles. The van der Waals surface area contributed by atoms with Crippen LogP contribution in [0.2, 0.25) is 0 Å². The fourth-order valence-electron chi connectivity index (χ4n) is 2.35. The number of ether oxygens (including phenoxy) is 2. The summed E-state index contributed by atoms with van der Waals surface area (Å²) in [6, 6.07) is -0.216. The molecule has 0 aromatic carbocycles. The van der Waals surface area contributed by atoms with Crippen molar-refractivity contribution in [1.82, 2.24) is 5.32 Å². The maximum absolute atomic E-state index is 12.0. The van der Waals surface area contributed by atoms with Crippen molar-refractivity contribution in [2.75, 3.05) is 7.11 Å². The lowest BCUT2D eigenvalue weighted by molar-refractivity contribution is -0.152. The van der Waals surface area contributed by atoms with E-state index in [9.17, 15) is 9.59 Å². The third kappa shape index (κ3) is 3.74. The molecule has 5 nitrogen and oxygen atoms in total. The normalized spacial score (nSPS) is 25.6. The Bertz CT molecular complexity index is 409. The van der Waals surface area contributed by atoms with Crippen LogP contribution in [0, 0.1) is 11.3 Å². The number of esters is 1. The average molecular weight is 283 g/mol. The van der Waals surface area contributed by atoms with Crippen LogP contribution in [0.1, 0.15) is 41.0 Å². The van der Waals surface area contributed by atoms with Crippen molar-refractivity contribution in [3.8, 4) is 0 Å². The zero-order valence-electron chi connectivity index (χ0n) is 13.1. The lowest BCUT2D eigenvalue weighted by Gasteiger charge is -2.30. The summed E-state index contributed by atoms with van der Waals surface area (Å²) in [4.78, 5) is 23.8. The SMILES string of the molecule is COC(=O)C1(C(C)C)C=CC(NC(=O)OC(C)(C)C)C1. The Morgan fingerprint density at radius 1 is 1.35 bits per heavy atom. The van der Waals surface area contributed by atoms with Crippen LogP contribution in [0.3, 0.4) is 0 Å². The summed E-state index contributed by atoms with van der Waals surface area (Å²) in [6.07, 6.45) is 3.69. The van der Waals surface area contributed by atoms with Crippen molar-refractivity contribution < 1.29 is 19.1 Å². The smallest absolute Gasteiger partial charge is 0.408 e. The van der Waals surface area contributed by atoms with Gasteiger partial charge in [0.25, 0.3) is 0 Å². The third-order valence-electron chi connectivity index (χ3n) is 3.48. The minimum absolute atomic E-state index is 0.0941. The molecule has 0 bridgehead atoms. The fraction of sp³-hybridized carbons (Fsp3) is 0.733. The quantitative estimate of drug-likeness (QED) is 0.639. The lowest BCUT2D eigenvalue weighted by Crippen LogP contribution is -2.41. The molecule has 0 aromatic rings. The number of rotatable bonds is 3. The summed E-state index contributed by atoms with van der Waals surface area (Å²) >= 11 is 0. The molecule has 0 radical (unpaired) electrons. The number of nitrogens with one attached hydrogen (secondary N) is 1. The van der Waals surface area contributed by atoms with Crippen LogP contribution in [0.25, 0.3) is 0 Å². The molecule has 0 heterocycles. The zero-order chi connectivity index (χ0) is 15.6. The Balaban J connectivity index is 2.70. The van der Waals surface area contributed by atoms with Crippen LogP contribution >= 0.6 is 0 Å². The summed E-state index contributed by atoms with van der Waals surface area (Å²) in [7, 11) is 1.38. The van der Waals surface area contributed by atoms with E-state index < -0.39 is 17.1 Å². The molecule has 0 aromatic heterocycles. The van der Waals surface area contributed by atoms with Crippen LogP contribution in [-0.4, -0.2) is 30.8 Å². The van der Waals surface area contributed by atoms with Gasteiger partial charge in [-0.2, -0.15) is 0 Å². The monoisotopic (exact) mass is 283 g/mol. The van der Waals surface area contributed by atoms with Gasteiger partial charge in [-0.15, -0.1) is 0 Å². The second-order valence-corrected chi connectivity index (χ2v) is 6.50. The molecule has 1 aliphatic rings. The highest BCUT2D eigenvalue weighted by molar-refractivity contribution is 5.80. The maximum atomic E-state index is 12.0. The average Bonchev–Trinajstić information content (AvgIpc) is 2.70. The highest BCUT2D eigenvalue weighted by atomic mass is 16.6. The van der Waals surface area contributed by atoms with Gasteiger partial charge in [-0.05, 0) is 33.1 Å². The molecule has 2 atom stereocenters. The summed E-state index contributed by atoms with van der Waals surface area (Å²) in [5.74, 6) is -0.172.